The summed E-state index contributed by atoms with van der Waals surface area (Å²) in [5.41, 5.74) is 0. The van der Waals surface area contributed by atoms with Crippen LogP contribution >= 0.6 is 0 Å². The van der Waals surface area contributed by atoms with E-state index in [2.05, 4.69) is 4.90 Å². The molecule has 1 heterocycles. The number of carbonyl (C=O) groups is 1. The third kappa shape index (κ3) is 1.88. The number of rotatable bonds is 3. The fourth-order valence-corrected chi connectivity index (χ4v) is 2.86. The molecule has 1 N–H and O–H groups in total. The number of nitrogens with zero attached hydrogens (tertiary/aromatic N) is 1. The van der Waals surface area contributed by atoms with Crippen molar-refractivity contribution >= 4 is 5.97 Å². The predicted octanol–water partition coefficient (Wildman–Crippen LogP) is 0.395. The summed E-state index contributed by atoms with van der Waals surface area (Å²) in [7, 11) is 1.44. The fraction of sp³-hybridized carbons (Fsp3) is 0.909. The maximum atomic E-state index is 11.4. The van der Waals surface area contributed by atoms with E-state index in [0.29, 0.717) is 12.0 Å². The molecule has 0 aromatic carbocycles. The number of ether oxygens (including phenoxy) is 1. The summed E-state index contributed by atoms with van der Waals surface area (Å²) in [5.74, 6) is 0.238. The number of hydrogen-bond acceptors (Lipinski definition) is 4. The minimum Gasteiger partial charge on any atom is -0.468 e. The third-order valence-electron chi connectivity index (χ3n) is 3.81. The van der Waals surface area contributed by atoms with Crippen LogP contribution in [0.1, 0.15) is 25.7 Å². The Morgan fingerprint density at radius 3 is 2.80 bits per heavy atom. The molecule has 1 saturated heterocycles. The zero-order chi connectivity index (χ0) is 10.8. The van der Waals surface area contributed by atoms with Crippen LogP contribution in [0.15, 0.2) is 0 Å². The Labute approximate surface area is 90.2 Å². The molecule has 1 aliphatic heterocycles. The maximum absolute atomic E-state index is 11.4. The Balaban J connectivity index is 1.96. The van der Waals surface area contributed by atoms with E-state index in [-0.39, 0.29) is 18.6 Å². The molecule has 0 spiro atoms. The van der Waals surface area contributed by atoms with E-state index >= 15 is 0 Å². The summed E-state index contributed by atoms with van der Waals surface area (Å²) in [5, 5.41) is 9.24. The molecule has 15 heavy (non-hydrogen) atoms. The molecule has 2 rings (SSSR count). The highest BCUT2D eigenvalue weighted by Crippen LogP contribution is 2.35. The van der Waals surface area contributed by atoms with Gasteiger partial charge in [-0.05, 0) is 25.2 Å². The van der Waals surface area contributed by atoms with Crippen molar-refractivity contribution < 1.29 is 14.6 Å². The van der Waals surface area contributed by atoms with Crippen LogP contribution < -0.4 is 0 Å². The van der Waals surface area contributed by atoms with E-state index in [4.69, 9.17) is 4.74 Å². The van der Waals surface area contributed by atoms with Gasteiger partial charge in [-0.25, -0.2) is 0 Å². The molecule has 0 amide bonds. The molecule has 86 valence electrons. The topological polar surface area (TPSA) is 49.8 Å². The largest absolute Gasteiger partial charge is 0.468 e. The van der Waals surface area contributed by atoms with Crippen molar-refractivity contribution in [2.75, 3.05) is 20.3 Å². The van der Waals surface area contributed by atoms with Crippen molar-refractivity contribution in [3.05, 3.63) is 0 Å². The van der Waals surface area contributed by atoms with Crippen LogP contribution in [-0.4, -0.2) is 48.3 Å². The van der Waals surface area contributed by atoms with Crippen LogP contribution in [0.4, 0.5) is 0 Å². The minimum absolute atomic E-state index is 0.0489. The second-order valence-electron chi connectivity index (χ2n) is 4.51. The molecule has 0 radical (unpaired) electrons. The maximum Gasteiger partial charge on any atom is 0.323 e. The van der Waals surface area contributed by atoms with Gasteiger partial charge in [0.2, 0.25) is 0 Å². The number of esters is 1. The Hall–Kier alpha value is -0.610. The van der Waals surface area contributed by atoms with Gasteiger partial charge < -0.3 is 9.84 Å². The lowest BCUT2D eigenvalue weighted by atomic mass is 9.94. The zero-order valence-electron chi connectivity index (χ0n) is 9.19. The fourth-order valence-electron chi connectivity index (χ4n) is 2.86. The van der Waals surface area contributed by atoms with E-state index in [1.807, 2.05) is 0 Å². The lowest BCUT2D eigenvalue weighted by molar-refractivity contribution is -0.154. The van der Waals surface area contributed by atoms with Crippen molar-refractivity contribution in [1.82, 2.24) is 4.90 Å². The van der Waals surface area contributed by atoms with E-state index in [1.165, 1.54) is 13.5 Å². The van der Waals surface area contributed by atoms with Crippen LogP contribution in [0.2, 0.25) is 0 Å². The number of methoxy groups -OCH3 is 1. The van der Waals surface area contributed by atoms with Crippen LogP contribution in [0.3, 0.4) is 0 Å². The van der Waals surface area contributed by atoms with Crippen molar-refractivity contribution in [3.8, 4) is 0 Å². The number of hydrogen-bond donors (Lipinski definition) is 1. The van der Waals surface area contributed by atoms with Crippen LogP contribution in [-0.2, 0) is 9.53 Å². The van der Waals surface area contributed by atoms with E-state index < -0.39 is 0 Å². The number of aliphatic hydroxyl groups excluding tert-OH is 1. The van der Waals surface area contributed by atoms with Crippen molar-refractivity contribution in [2.24, 2.45) is 5.92 Å². The molecule has 0 aromatic rings. The minimum atomic E-state index is -0.121. The second-order valence-corrected chi connectivity index (χ2v) is 4.51. The molecule has 0 bridgehead atoms. The van der Waals surface area contributed by atoms with E-state index in [0.717, 1.165) is 25.8 Å². The SMILES string of the molecule is COC(=O)C1CCN1C1CCCC1CO. The van der Waals surface area contributed by atoms with Gasteiger partial charge in [-0.15, -0.1) is 0 Å². The van der Waals surface area contributed by atoms with Crippen LogP contribution in [0, 0.1) is 5.92 Å². The lowest BCUT2D eigenvalue weighted by Gasteiger charge is -2.44. The molecule has 1 aliphatic carbocycles. The van der Waals surface area contributed by atoms with Gasteiger partial charge in [0.15, 0.2) is 0 Å². The highest BCUT2D eigenvalue weighted by molar-refractivity contribution is 5.76. The molecular formula is C11H19NO3. The van der Waals surface area contributed by atoms with Gasteiger partial charge in [0.25, 0.3) is 0 Å². The molecule has 4 heteroatoms. The van der Waals surface area contributed by atoms with E-state index in [9.17, 15) is 9.90 Å². The first-order valence-electron chi connectivity index (χ1n) is 5.72. The van der Waals surface area contributed by atoms with Gasteiger partial charge in [0, 0.05) is 19.2 Å². The Kier molecular flexibility index (Phi) is 3.26. The molecular weight excluding hydrogens is 194 g/mol. The van der Waals surface area contributed by atoms with Gasteiger partial charge in [-0.1, -0.05) is 6.42 Å². The second kappa shape index (κ2) is 4.49. The van der Waals surface area contributed by atoms with Gasteiger partial charge >= 0.3 is 5.97 Å². The average molecular weight is 213 g/mol. The van der Waals surface area contributed by atoms with Gasteiger partial charge in [-0.2, -0.15) is 0 Å². The number of aliphatic hydroxyl groups is 1. The quantitative estimate of drug-likeness (QED) is 0.689. The normalized spacial score (nSPS) is 36.3. The monoisotopic (exact) mass is 213 g/mol. The predicted molar refractivity (Wildman–Crippen MR) is 55.3 cm³/mol. The molecule has 3 unspecified atom stereocenters. The van der Waals surface area contributed by atoms with Gasteiger partial charge in [0.05, 0.1) is 7.11 Å². The van der Waals surface area contributed by atoms with Crippen LogP contribution in [0.5, 0.6) is 0 Å². The Morgan fingerprint density at radius 2 is 2.27 bits per heavy atom. The summed E-state index contributed by atoms with van der Waals surface area (Å²) in [4.78, 5) is 13.6. The standard InChI is InChI=1S/C11H19NO3/c1-15-11(14)10-5-6-12(10)9-4-2-3-8(9)7-13/h8-10,13H,2-7H2,1H3. The first-order chi connectivity index (χ1) is 7.27. The summed E-state index contributed by atoms with van der Waals surface area (Å²) < 4.78 is 4.77. The molecule has 4 nitrogen and oxygen atoms in total. The number of likely N-dealkylation sites (tertiary alicyclic amines) is 1. The highest BCUT2D eigenvalue weighted by atomic mass is 16.5. The zero-order valence-corrected chi connectivity index (χ0v) is 9.19. The van der Waals surface area contributed by atoms with Gasteiger partial charge in [-0.3, -0.25) is 9.69 Å². The molecule has 3 atom stereocenters. The highest BCUT2D eigenvalue weighted by Gasteiger charge is 2.43. The van der Waals surface area contributed by atoms with Crippen molar-refractivity contribution in [3.63, 3.8) is 0 Å². The summed E-state index contributed by atoms with van der Waals surface area (Å²) in [6.07, 6.45) is 4.27. The number of carbonyl (C=O) groups excluding carboxylic acids is 1. The molecule has 1 saturated carbocycles. The summed E-state index contributed by atoms with van der Waals surface area (Å²) >= 11 is 0. The third-order valence-corrected chi connectivity index (χ3v) is 3.81. The summed E-state index contributed by atoms with van der Waals surface area (Å²) in [6.45, 7) is 1.22. The Morgan fingerprint density at radius 1 is 1.47 bits per heavy atom. The lowest BCUT2D eigenvalue weighted by Crippen LogP contribution is -2.58. The average Bonchev–Trinajstić information content (AvgIpc) is 2.64. The molecule has 2 fully saturated rings. The smallest absolute Gasteiger partial charge is 0.323 e. The first kappa shape index (κ1) is 10.9. The first-order valence-corrected chi connectivity index (χ1v) is 5.72. The van der Waals surface area contributed by atoms with Crippen LogP contribution in [0.25, 0.3) is 0 Å². The molecule has 2 aliphatic rings. The Bertz CT molecular complexity index is 244. The van der Waals surface area contributed by atoms with Crippen molar-refractivity contribution in [1.29, 1.82) is 0 Å². The van der Waals surface area contributed by atoms with Crippen molar-refractivity contribution in [2.45, 2.75) is 37.8 Å². The van der Waals surface area contributed by atoms with E-state index in [1.54, 1.807) is 0 Å². The molecule has 0 aromatic heterocycles. The van der Waals surface area contributed by atoms with Gasteiger partial charge in [0.1, 0.15) is 6.04 Å². The summed E-state index contributed by atoms with van der Waals surface area (Å²) in [6, 6.07) is 0.347.